The van der Waals surface area contributed by atoms with Gasteiger partial charge in [-0.3, -0.25) is 9.05 Å². The van der Waals surface area contributed by atoms with E-state index in [0.717, 1.165) is 18.4 Å². The van der Waals surface area contributed by atoms with Crippen LogP contribution in [0.4, 0.5) is 0 Å². The Morgan fingerprint density at radius 1 is 0.844 bits per heavy atom. The standard InChI is InChI=1S/C33H52N3O8P/c1-2-3-4-5-6-7-8-9-10-11-12-13-14-15-16-17-21-42-45(39,40)43-24-28-30(37)31(38)33(44-28)36-20-18-27-29(26-19-22-41-23-26)34-25-35-32(27)36/h18-20,22-23,25,28,30-31,33,37-38H,2-17,21,24H2,1H3,(H,39,40)/t28-,30-,31-,33-/m1/s1. The largest absolute Gasteiger partial charge is 0.472 e. The molecule has 1 aliphatic rings. The van der Waals surface area contributed by atoms with Crippen molar-refractivity contribution in [3.8, 4) is 11.3 Å². The molecule has 0 amide bonds. The van der Waals surface area contributed by atoms with Gasteiger partial charge in [-0.1, -0.05) is 103 Å². The highest BCUT2D eigenvalue weighted by molar-refractivity contribution is 7.47. The molecule has 1 saturated heterocycles. The summed E-state index contributed by atoms with van der Waals surface area (Å²) >= 11 is 0. The lowest BCUT2D eigenvalue weighted by Gasteiger charge is -2.18. The quantitative estimate of drug-likeness (QED) is 0.0689. The van der Waals surface area contributed by atoms with E-state index in [4.69, 9.17) is 18.2 Å². The monoisotopic (exact) mass is 649 g/mol. The summed E-state index contributed by atoms with van der Waals surface area (Å²) in [6.07, 6.45) is 21.5. The second kappa shape index (κ2) is 18.9. The highest BCUT2D eigenvalue weighted by Gasteiger charge is 2.45. The number of rotatable bonds is 23. The Labute approximate surface area is 266 Å². The summed E-state index contributed by atoms with van der Waals surface area (Å²) in [6.45, 7) is 1.95. The Hall–Kier alpha value is -2.11. The van der Waals surface area contributed by atoms with Crippen LogP contribution in [0.2, 0.25) is 0 Å². The molecule has 3 N–H and O–H groups in total. The Morgan fingerprint density at radius 3 is 2.07 bits per heavy atom. The van der Waals surface area contributed by atoms with E-state index in [-0.39, 0.29) is 6.61 Å². The zero-order chi connectivity index (χ0) is 31.9. The molecule has 0 saturated carbocycles. The van der Waals surface area contributed by atoms with E-state index in [9.17, 15) is 19.7 Å². The second-order valence-electron chi connectivity index (χ2n) is 12.1. The van der Waals surface area contributed by atoms with Crippen LogP contribution in [0.15, 0.2) is 41.6 Å². The number of furan rings is 1. The molecule has 3 aromatic rings. The Morgan fingerprint density at radius 2 is 1.47 bits per heavy atom. The molecule has 1 unspecified atom stereocenters. The summed E-state index contributed by atoms with van der Waals surface area (Å²) in [5.41, 5.74) is 1.93. The first kappa shape index (κ1) is 35.7. The van der Waals surface area contributed by atoms with Gasteiger partial charge in [-0.25, -0.2) is 14.5 Å². The van der Waals surface area contributed by atoms with Gasteiger partial charge in [0, 0.05) is 17.1 Å². The first-order chi connectivity index (χ1) is 21.9. The van der Waals surface area contributed by atoms with Crippen molar-refractivity contribution in [2.24, 2.45) is 0 Å². The highest BCUT2D eigenvalue weighted by Crippen LogP contribution is 2.45. The van der Waals surface area contributed by atoms with Gasteiger partial charge in [0.25, 0.3) is 0 Å². The summed E-state index contributed by atoms with van der Waals surface area (Å²) in [6, 6.07) is 3.57. The van der Waals surface area contributed by atoms with Crippen molar-refractivity contribution in [1.29, 1.82) is 0 Å². The maximum absolute atomic E-state index is 12.4. The number of unbranched alkanes of at least 4 members (excludes halogenated alkanes) is 15. The molecular formula is C33H52N3O8P. The third kappa shape index (κ3) is 11.0. The number of aliphatic hydroxyl groups is 2. The molecule has 0 aromatic carbocycles. The number of fused-ring (bicyclic) bond motifs is 1. The minimum atomic E-state index is -4.34. The van der Waals surface area contributed by atoms with Crippen LogP contribution in [-0.2, 0) is 18.3 Å². The van der Waals surface area contributed by atoms with Gasteiger partial charge in [0.1, 0.15) is 30.3 Å². The van der Waals surface area contributed by atoms with Gasteiger partial charge in [-0.2, -0.15) is 0 Å². The number of aromatic nitrogens is 3. The molecule has 252 valence electrons. The van der Waals surface area contributed by atoms with E-state index in [0.29, 0.717) is 23.1 Å². The summed E-state index contributed by atoms with van der Waals surface area (Å²) in [5.74, 6) is 0. The predicted octanol–water partition coefficient (Wildman–Crippen LogP) is 7.71. The van der Waals surface area contributed by atoms with Crippen molar-refractivity contribution >= 4 is 18.9 Å². The van der Waals surface area contributed by atoms with E-state index >= 15 is 0 Å². The number of phosphoric acid groups is 1. The lowest BCUT2D eigenvalue weighted by atomic mass is 10.0. The van der Waals surface area contributed by atoms with Crippen LogP contribution < -0.4 is 0 Å². The van der Waals surface area contributed by atoms with Crippen LogP contribution in [0.3, 0.4) is 0 Å². The molecule has 4 heterocycles. The van der Waals surface area contributed by atoms with E-state index in [1.165, 1.54) is 89.8 Å². The Balaban J connectivity index is 1.07. The molecule has 45 heavy (non-hydrogen) atoms. The number of hydrogen-bond donors (Lipinski definition) is 3. The average Bonchev–Trinajstić information content (AvgIpc) is 3.78. The third-order valence-corrected chi connectivity index (χ3v) is 9.55. The average molecular weight is 650 g/mol. The molecule has 11 nitrogen and oxygen atoms in total. The molecule has 4 rings (SSSR count). The van der Waals surface area contributed by atoms with E-state index in [1.54, 1.807) is 35.4 Å². The summed E-state index contributed by atoms with van der Waals surface area (Å²) in [5, 5.41) is 22.1. The first-order valence-corrected chi connectivity index (χ1v) is 18.4. The van der Waals surface area contributed by atoms with E-state index in [1.807, 2.05) is 0 Å². The zero-order valence-electron chi connectivity index (χ0n) is 26.7. The molecule has 12 heteroatoms. The summed E-state index contributed by atoms with van der Waals surface area (Å²) in [4.78, 5) is 18.8. The zero-order valence-corrected chi connectivity index (χ0v) is 27.6. The number of hydrogen-bond acceptors (Lipinski definition) is 9. The van der Waals surface area contributed by atoms with Crippen molar-refractivity contribution < 1.29 is 37.9 Å². The maximum Gasteiger partial charge on any atom is 0.472 e. The lowest BCUT2D eigenvalue weighted by molar-refractivity contribution is -0.0512. The van der Waals surface area contributed by atoms with Gasteiger partial charge >= 0.3 is 7.82 Å². The van der Waals surface area contributed by atoms with Gasteiger partial charge in [-0.05, 0) is 18.6 Å². The number of ether oxygens (including phenoxy) is 1. The maximum atomic E-state index is 12.4. The SMILES string of the molecule is CCCCCCCCCCCCCCCCCCOP(=O)(O)OC[C@H]1O[C@@H](n2ccc3c(-c4ccoc4)ncnc32)[C@H](O)[C@@H]1O. The van der Waals surface area contributed by atoms with Crippen LogP contribution in [-0.4, -0.2) is 61.2 Å². The van der Waals surface area contributed by atoms with Gasteiger partial charge < -0.3 is 28.8 Å². The first-order valence-electron chi connectivity index (χ1n) is 16.9. The lowest BCUT2D eigenvalue weighted by Crippen LogP contribution is -2.33. The van der Waals surface area contributed by atoms with Crippen LogP contribution in [0.25, 0.3) is 22.3 Å². The molecule has 5 atom stereocenters. The number of phosphoric ester groups is 1. The van der Waals surface area contributed by atoms with Gasteiger partial charge in [-0.15, -0.1) is 0 Å². The smallest absolute Gasteiger partial charge is 0.472 e. The molecule has 1 aliphatic heterocycles. The Bertz CT molecular complexity index is 1290. The fourth-order valence-corrected chi connectivity index (χ4v) is 6.71. The van der Waals surface area contributed by atoms with Crippen molar-refractivity contribution in [3.05, 3.63) is 37.2 Å². The van der Waals surface area contributed by atoms with Crippen molar-refractivity contribution in [2.45, 2.75) is 134 Å². The fourth-order valence-electron chi connectivity index (χ4n) is 5.94. The van der Waals surface area contributed by atoms with Crippen LogP contribution >= 0.6 is 7.82 Å². The third-order valence-electron chi connectivity index (χ3n) is 8.57. The normalized spacial score (nSPS) is 21.5. The predicted molar refractivity (Wildman–Crippen MR) is 172 cm³/mol. The summed E-state index contributed by atoms with van der Waals surface area (Å²) < 4.78 is 35.3. The van der Waals surface area contributed by atoms with Gasteiger partial charge in [0.15, 0.2) is 6.23 Å². The van der Waals surface area contributed by atoms with Crippen molar-refractivity contribution in [1.82, 2.24) is 14.5 Å². The Kier molecular flexibility index (Phi) is 15.0. The number of nitrogens with zero attached hydrogens (tertiary/aromatic N) is 3. The van der Waals surface area contributed by atoms with Crippen LogP contribution in [0, 0.1) is 0 Å². The number of aliphatic hydroxyl groups excluding tert-OH is 2. The highest BCUT2D eigenvalue weighted by atomic mass is 31.2. The molecule has 0 radical (unpaired) electrons. The van der Waals surface area contributed by atoms with E-state index < -0.39 is 39.0 Å². The molecule has 0 aliphatic carbocycles. The minimum Gasteiger partial charge on any atom is -0.472 e. The second-order valence-corrected chi connectivity index (χ2v) is 13.6. The summed E-state index contributed by atoms with van der Waals surface area (Å²) in [7, 11) is -4.34. The van der Waals surface area contributed by atoms with Gasteiger partial charge in [0.05, 0.1) is 31.4 Å². The topological polar surface area (TPSA) is 149 Å². The fraction of sp³-hybridized carbons (Fsp3) is 0.697. The molecule has 0 spiro atoms. The van der Waals surface area contributed by atoms with Crippen molar-refractivity contribution in [3.63, 3.8) is 0 Å². The molecule has 1 fully saturated rings. The van der Waals surface area contributed by atoms with Crippen LogP contribution in [0.1, 0.15) is 116 Å². The molecule has 3 aromatic heterocycles. The van der Waals surface area contributed by atoms with Crippen LogP contribution in [0.5, 0.6) is 0 Å². The van der Waals surface area contributed by atoms with E-state index in [2.05, 4.69) is 16.9 Å². The van der Waals surface area contributed by atoms with Crippen molar-refractivity contribution in [2.75, 3.05) is 13.2 Å². The molecular weight excluding hydrogens is 597 g/mol. The van der Waals surface area contributed by atoms with Gasteiger partial charge in [0.2, 0.25) is 0 Å². The minimum absolute atomic E-state index is 0.111. The molecule has 0 bridgehead atoms.